The molecule has 2 N–H and O–H groups in total. The van der Waals surface area contributed by atoms with Crippen molar-refractivity contribution in [2.75, 3.05) is 47.5 Å². The van der Waals surface area contributed by atoms with E-state index in [1.165, 1.54) is 23.3 Å². The molecule has 1 aliphatic heterocycles. The number of nitrogens with one attached hydrogen (secondary N) is 2. The normalized spacial score (nSPS) is 16.2. The van der Waals surface area contributed by atoms with Crippen molar-refractivity contribution in [1.29, 1.82) is 0 Å². The van der Waals surface area contributed by atoms with Gasteiger partial charge in [0.05, 0.1) is 18.5 Å². The molecule has 1 atom stereocenters. The van der Waals surface area contributed by atoms with Crippen LogP contribution in [-0.2, 0) is 16.6 Å². The molecular weight excluding hydrogens is 510 g/mol. The van der Waals surface area contributed by atoms with Gasteiger partial charge in [-0.15, -0.1) is 0 Å². The highest BCUT2D eigenvalue weighted by molar-refractivity contribution is 7.92. The first-order valence-corrected chi connectivity index (χ1v) is 14.3. The van der Waals surface area contributed by atoms with E-state index in [1.54, 1.807) is 24.4 Å². The van der Waals surface area contributed by atoms with Gasteiger partial charge in [0.1, 0.15) is 5.65 Å². The Morgan fingerprint density at radius 2 is 1.97 bits per heavy atom. The lowest BCUT2D eigenvalue weighted by molar-refractivity contribution is 0.485. The maximum absolute atomic E-state index is 12.2. The Kier molecular flexibility index (Phi) is 6.98. The molecular formula is C26H30ClN7O2S. The van der Waals surface area contributed by atoms with Gasteiger partial charge in [-0.3, -0.25) is 4.31 Å². The van der Waals surface area contributed by atoms with Crippen LogP contribution in [-0.4, -0.2) is 61.9 Å². The Hall–Kier alpha value is -3.34. The molecule has 0 spiro atoms. The molecule has 0 aliphatic carbocycles. The summed E-state index contributed by atoms with van der Waals surface area (Å²) in [7, 11) is -1.89. The largest absolute Gasteiger partial charge is 0.369 e. The lowest BCUT2D eigenvalue weighted by Crippen LogP contribution is -2.49. The Labute approximate surface area is 222 Å². The Morgan fingerprint density at radius 1 is 1.19 bits per heavy atom. The first-order valence-electron chi connectivity index (χ1n) is 12.1. The lowest BCUT2D eigenvalue weighted by Gasteiger charge is -2.33. The second-order valence-corrected chi connectivity index (χ2v) is 11.8. The van der Waals surface area contributed by atoms with Gasteiger partial charge in [0.15, 0.2) is 0 Å². The van der Waals surface area contributed by atoms with E-state index in [0.29, 0.717) is 29.2 Å². The molecule has 1 aliphatic rings. The second kappa shape index (κ2) is 10.2. The van der Waals surface area contributed by atoms with E-state index in [9.17, 15) is 8.42 Å². The molecule has 9 nitrogen and oxygen atoms in total. The zero-order valence-electron chi connectivity index (χ0n) is 21.0. The highest BCUT2D eigenvalue weighted by atomic mass is 35.5. The Bertz CT molecular complexity index is 1520. The van der Waals surface area contributed by atoms with Crippen LogP contribution in [0.15, 0.2) is 60.9 Å². The monoisotopic (exact) mass is 539 g/mol. The van der Waals surface area contributed by atoms with E-state index in [0.717, 1.165) is 41.9 Å². The van der Waals surface area contributed by atoms with Crippen LogP contribution in [0.4, 0.5) is 23.0 Å². The number of sulfonamides is 1. The standard InChI is InChI=1S/C26H30ClN7O2S/c1-18-16-33(13-11-28-18)23-7-5-22(6-8-23)30-26-29-15-19-10-12-34(25(19)31-26)17-20-14-21(27)4-9-24(20)32(2)37(3,35)36/h4-10,12,14-15,18,28H,11,13,16-17H2,1-3H3,(H,29,30,31)/t18-/m0/s1. The van der Waals surface area contributed by atoms with Crippen molar-refractivity contribution in [1.82, 2.24) is 19.9 Å². The summed E-state index contributed by atoms with van der Waals surface area (Å²) in [6.07, 6.45) is 4.87. The average molecular weight is 540 g/mol. The summed E-state index contributed by atoms with van der Waals surface area (Å²) in [5.41, 5.74) is 4.16. The number of benzene rings is 2. The summed E-state index contributed by atoms with van der Waals surface area (Å²) in [5.74, 6) is 0.482. The van der Waals surface area contributed by atoms with Crippen molar-refractivity contribution in [3.8, 4) is 0 Å². The zero-order chi connectivity index (χ0) is 26.2. The molecule has 11 heteroatoms. The summed E-state index contributed by atoms with van der Waals surface area (Å²) in [6, 6.07) is 15.9. The van der Waals surface area contributed by atoms with Crippen LogP contribution in [0, 0.1) is 0 Å². The number of hydrogen-bond acceptors (Lipinski definition) is 7. The number of nitrogens with zero attached hydrogens (tertiary/aromatic N) is 5. The highest BCUT2D eigenvalue weighted by Crippen LogP contribution is 2.28. The Morgan fingerprint density at radius 3 is 2.70 bits per heavy atom. The van der Waals surface area contributed by atoms with Gasteiger partial charge in [-0.25, -0.2) is 13.4 Å². The lowest BCUT2D eigenvalue weighted by atomic mass is 10.1. The molecule has 37 heavy (non-hydrogen) atoms. The van der Waals surface area contributed by atoms with Crippen LogP contribution in [0.2, 0.25) is 5.02 Å². The number of halogens is 1. The molecule has 0 radical (unpaired) electrons. The third-order valence-corrected chi connectivity index (χ3v) is 8.01. The SMILES string of the molecule is C[C@H]1CN(c2ccc(Nc3ncc4ccn(Cc5cc(Cl)ccc5N(C)S(C)(=O)=O)c4n3)cc2)CCN1. The predicted octanol–water partition coefficient (Wildman–Crippen LogP) is 4.07. The molecule has 1 fully saturated rings. The van der Waals surface area contributed by atoms with Gasteiger partial charge in [-0.2, -0.15) is 4.98 Å². The van der Waals surface area contributed by atoms with Crippen LogP contribution in [0.1, 0.15) is 12.5 Å². The third-order valence-electron chi connectivity index (χ3n) is 6.58. The molecule has 1 saturated heterocycles. The molecule has 2 aromatic carbocycles. The van der Waals surface area contributed by atoms with E-state index in [-0.39, 0.29) is 0 Å². The van der Waals surface area contributed by atoms with Crippen molar-refractivity contribution < 1.29 is 8.42 Å². The molecule has 0 saturated carbocycles. The summed E-state index contributed by atoms with van der Waals surface area (Å²) in [6.45, 7) is 5.55. The fraction of sp³-hybridized carbons (Fsp3) is 0.308. The molecule has 3 heterocycles. The molecule has 194 valence electrons. The van der Waals surface area contributed by atoms with Gasteiger partial charge in [-0.05, 0) is 61.0 Å². The highest BCUT2D eigenvalue weighted by Gasteiger charge is 2.18. The Balaban J connectivity index is 1.38. The van der Waals surface area contributed by atoms with Crippen molar-refractivity contribution in [3.63, 3.8) is 0 Å². The molecule has 5 rings (SSSR count). The maximum atomic E-state index is 12.2. The summed E-state index contributed by atoms with van der Waals surface area (Å²) < 4.78 is 27.6. The molecule has 4 aromatic rings. The van der Waals surface area contributed by atoms with E-state index < -0.39 is 10.0 Å². The van der Waals surface area contributed by atoms with E-state index >= 15 is 0 Å². The average Bonchev–Trinajstić information content (AvgIpc) is 3.25. The van der Waals surface area contributed by atoms with Crippen LogP contribution in [0.25, 0.3) is 11.0 Å². The number of aromatic nitrogens is 3. The minimum Gasteiger partial charge on any atom is -0.369 e. The molecule has 2 aromatic heterocycles. The second-order valence-electron chi connectivity index (χ2n) is 9.39. The van der Waals surface area contributed by atoms with Crippen LogP contribution in [0.3, 0.4) is 0 Å². The van der Waals surface area contributed by atoms with Crippen molar-refractivity contribution in [2.24, 2.45) is 0 Å². The predicted molar refractivity (Wildman–Crippen MR) is 151 cm³/mol. The fourth-order valence-electron chi connectivity index (χ4n) is 4.56. The van der Waals surface area contributed by atoms with Gasteiger partial charge < -0.3 is 20.1 Å². The number of hydrogen-bond donors (Lipinski definition) is 2. The van der Waals surface area contributed by atoms with Crippen molar-refractivity contribution >= 4 is 55.7 Å². The smallest absolute Gasteiger partial charge is 0.232 e. The van der Waals surface area contributed by atoms with E-state index in [1.807, 2.05) is 29.0 Å². The van der Waals surface area contributed by atoms with Gasteiger partial charge >= 0.3 is 0 Å². The summed E-state index contributed by atoms with van der Waals surface area (Å²) in [5, 5.41) is 8.18. The molecule has 0 unspecified atom stereocenters. The van der Waals surface area contributed by atoms with Gasteiger partial charge in [0, 0.05) is 66.9 Å². The third kappa shape index (κ3) is 5.66. The zero-order valence-corrected chi connectivity index (χ0v) is 22.6. The molecule has 0 bridgehead atoms. The summed E-state index contributed by atoms with van der Waals surface area (Å²) >= 11 is 6.26. The number of piperazine rings is 1. The first kappa shape index (κ1) is 25.3. The minimum atomic E-state index is -3.43. The van der Waals surface area contributed by atoms with Gasteiger partial charge in [0.25, 0.3) is 0 Å². The van der Waals surface area contributed by atoms with Gasteiger partial charge in [-0.1, -0.05) is 11.6 Å². The van der Waals surface area contributed by atoms with Crippen LogP contribution >= 0.6 is 11.6 Å². The van der Waals surface area contributed by atoms with Crippen molar-refractivity contribution in [2.45, 2.75) is 19.5 Å². The quantitative estimate of drug-likeness (QED) is 0.365. The minimum absolute atomic E-state index is 0.396. The molecule has 0 amide bonds. The first-order chi connectivity index (χ1) is 17.7. The fourth-order valence-corrected chi connectivity index (χ4v) is 5.29. The van der Waals surface area contributed by atoms with Gasteiger partial charge in [0.2, 0.25) is 16.0 Å². The topological polar surface area (TPSA) is 95.4 Å². The number of fused-ring (bicyclic) bond motifs is 1. The van der Waals surface area contributed by atoms with E-state index in [2.05, 4.69) is 39.6 Å². The number of anilines is 4. The summed E-state index contributed by atoms with van der Waals surface area (Å²) in [4.78, 5) is 11.6. The van der Waals surface area contributed by atoms with Crippen LogP contribution < -0.4 is 19.8 Å². The number of rotatable bonds is 7. The van der Waals surface area contributed by atoms with Crippen LogP contribution in [0.5, 0.6) is 0 Å². The van der Waals surface area contributed by atoms with E-state index in [4.69, 9.17) is 16.6 Å². The maximum Gasteiger partial charge on any atom is 0.232 e. The van der Waals surface area contributed by atoms with Crippen molar-refractivity contribution in [3.05, 3.63) is 71.5 Å².